The SMILES string of the molecule is Cc1ccc(NC2CCC(C)C2)c(C)n1. The molecule has 0 aliphatic heterocycles. The highest BCUT2D eigenvalue weighted by atomic mass is 14.9. The highest BCUT2D eigenvalue weighted by Crippen LogP contribution is 2.28. The first kappa shape index (κ1) is 10.5. The van der Waals surface area contributed by atoms with Gasteiger partial charge >= 0.3 is 0 Å². The molecule has 1 aliphatic rings. The van der Waals surface area contributed by atoms with Crippen molar-refractivity contribution in [1.29, 1.82) is 0 Å². The van der Waals surface area contributed by atoms with Crippen LogP contribution in [0.25, 0.3) is 0 Å². The van der Waals surface area contributed by atoms with Crippen LogP contribution in [0.3, 0.4) is 0 Å². The third-order valence-electron chi connectivity index (χ3n) is 3.28. The van der Waals surface area contributed by atoms with Crippen molar-refractivity contribution in [3.05, 3.63) is 23.5 Å². The molecule has 0 amide bonds. The van der Waals surface area contributed by atoms with Crippen LogP contribution in [0.4, 0.5) is 5.69 Å². The molecule has 1 aromatic rings. The lowest BCUT2D eigenvalue weighted by Gasteiger charge is -2.15. The third-order valence-corrected chi connectivity index (χ3v) is 3.28. The van der Waals surface area contributed by atoms with Gasteiger partial charge in [-0.05, 0) is 51.2 Å². The largest absolute Gasteiger partial charge is 0.381 e. The molecule has 2 atom stereocenters. The summed E-state index contributed by atoms with van der Waals surface area (Å²) in [6, 6.07) is 4.89. The van der Waals surface area contributed by atoms with Gasteiger partial charge in [-0.1, -0.05) is 6.92 Å². The molecule has 2 nitrogen and oxygen atoms in total. The number of nitrogens with one attached hydrogen (secondary N) is 1. The number of hydrogen-bond acceptors (Lipinski definition) is 2. The lowest BCUT2D eigenvalue weighted by Crippen LogP contribution is -2.16. The monoisotopic (exact) mass is 204 g/mol. The molecule has 0 saturated heterocycles. The highest BCUT2D eigenvalue weighted by Gasteiger charge is 2.21. The van der Waals surface area contributed by atoms with Gasteiger partial charge in [0.2, 0.25) is 0 Å². The summed E-state index contributed by atoms with van der Waals surface area (Å²) in [5, 5.41) is 3.60. The van der Waals surface area contributed by atoms with Gasteiger partial charge < -0.3 is 5.32 Å². The molecule has 1 aliphatic carbocycles. The molecule has 1 N–H and O–H groups in total. The number of hydrogen-bond donors (Lipinski definition) is 1. The lowest BCUT2D eigenvalue weighted by atomic mass is 10.1. The molecule has 2 rings (SSSR count). The number of aromatic nitrogens is 1. The first-order chi connectivity index (χ1) is 7.15. The van der Waals surface area contributed by atoms with Crippen LogP contribution in [0.5, 0.6) is 0 Å². The van der Waals surface area contributed by atoms with Gasteiger partial charge in [0.1, 0.15) is 0 Å². The summed E-state index contributed by atoms with van der Waals surface area (Å²) in [5.74, 6) is 0.876. The molecule has 2 heteroatoms. The second kappa shape index (κ2) is 4.21. The van der Waals surface area contributed by atoms with Gasteiger partial charge in [0.05, 0.1) is 11.4 Å². The minimum Gasteiger partial charge on any atom is -0.381 e. The van der Waals surface area contributed by atoms with Crippen LogP contribution < -0.4 is 5.32 Å². The first-order valence-corrected chi connectivity index (χ1v) is 5.86. The van der Waals surface area contributed by atoms with E-state index in [0.717, 1.165) is 17.3 Å². The Hall–Kier alpha value is -1.05. The number of pyridine rings is 1. The summed E-state index contributed by atoms with van der Waals surface area (Å²) >= 11 is 0. The quantitative estimate of drug-likeness (QED) is 0.799. The van der Waals surface area contributed by atoms with Crippen LogP contribution in [0.2, 0.25) is 0 Å². The number of nitrogens with zero attached hydrogens (tertiary/aromatic N) is 1. The molecule has 1 heterocycles. The van der Waals surface area contributed by atoms with E-state index < -0.39 is 0 Å². The lowest BCUT2D eigenvalue weighted by molar-refractivity contribution is 0.602. The average Bonchev–Trinajstić information content (AvgIpc) is 2.56. The van der Waals surface area contributed by atoms with Gasteiger partial charge in [-0.25, -0.2) is 0 Å². The van der Waals surface area contributed by atoms with Gasteiger partial charge in [0, 0.05) is 11.7 Å². The Balaban J connectivity index is 2.04. The van der Waals surface area contributed by atoms with E-state index in [1.165, 1.54) is 24.9 Å². The zero-order valence-corrected chi connectivity index (χ0v) is 9.88. The fraction of sp³-hybridized carbons (Fsp3) is 0.615. The first-order valence-electron chi connectivity index (χ1n) is 5.86. The van der Waals surface area contributed by atoms with Gasteiger partial charge in [-0.3, -0.25) is 4.98 Å². The maximum atomic E-state index is 4.47. The molecule has 1 aromatic heterocycles. The number of rotatable bonds is 2. The maximum Gasteiger partial charge on any atom is 0.0606 e. The predicted molar refractivity (Wildman–Crippen MR) is 64.1 cm³/mol. The molecule has 82 valence electrons. The standard InChI is InChI=1S/C13H20N2/c1-9-4-6-12(8-9)15-13-7-5-10(2)14-11(13)3/h5,7,9,12,15H,4,6,8H2,1-3H3. The van der Waals surface area contributed by atoms with E-state index in [-0.39, 0.29) is 0 Å². The number of anilines is 1. The summed E-state index contributed by atoms with van der Waals surface area (Å²) in [6.45, 7) is 6.45. The smallest absolute Gasteiger partial charge is 0.0606 e. The van der Waals surface area contributed by atoms with Crippen molar-refractivity contribution in [2.24, 2.45) is 5.92 Å². The molecule has 0 bridgehead atoms. The highest BCUT2D eigenvalue weighted by molar-refractivity contribution is 5.48. The van der Waals surface area contributed by atoms with Crippen molar-refractivity contribution in [2.75, 3.05) is 5.32 Å². The fourth-order valence-electron chi connectivity index (χ4n) is 2.40. The molecule has 2 unspecified atom stereocenters. The van der Waals surface area contributed by atoms with Crippen LogP contribution in [-0.2, 0) is 0 Å². The second-order valence-corrected chi connectivity index (χ2v) is 4.85. The van der Waals surface area contributed by atoms with Crippen molar-refractivity contribution >= 4 is 5.69 Å². The summed E-state index contributed by atoms with van der Waals surface area (Å²) in [5.41, 5.74) is 3.42. The van der Waals surface area contributed by atoms with E-state index in [4.69, 9.17) is 0 Å². The van der Waals surface area contributed by atoms with Gasteiger partial charge in [-0.15, -0.1) is 0 Å². The van der Waals surface area contributed by atoms with E-state index in [1.54, 1.807) is 0 Å². The van der Waals surface area contributed by atoms with Crippen molar-refractivity contribution in [3.8, 4) is 0 Å². The maximum absolute atomic E-state index is 4.47. The summed E-state index contributed by atoms with van der Waals surface area (Å²) in [6.07, 6.45) is 3.96. The Kier molecular flexibility index (Phi) is 2.94. The summed E-state index contributed by atoms with van der Waals surface area (Å²) in [4.78, 5) is 4.47. The van der Waals surface area contributed by atoms with E-state index in [0.29, 0.717) is 6.04 Å². The zero-order chi connectivity index (χ0) is 10.8. The van der Waals surface area contributed by atoms with Crippen LogP contribution in [-0.4, -0.2) is 11.0 Å². The predicted octanol–water partition coefficient (Wildman–Crippen LogP) is 3.30. The summed E-state index contributed by atoms with van der Waals surface area (Å²) in [7, 11) is 0. The fourth-order valence-corrected chi connectivity index (χ4v) is 2.40. The van der Waals surface area contributed by atoms with Crippen LogP contribution >= 0.6 is 0 Å². The Labute approximate surface area is 92.1 Å². The average molecular weight is 204 g/mol. The molecular formula is C13H20N2. The van der Waals surface area contributed by atoms with Gasteiger partial charge in [-0.2, -0.15) is 0 Å². The van der Waals surface area contributed by atoms with E-state index in [9.17, 15) is 0 Å². The molecule has 0 radical (unpaired) electrons. The third kappa shape index (κ3) is 2.49. The molecular weight excluding hydrogens is 184 g/mol. The Morgan fingerprint density at radius 1 is 1.27 bits per heavy atom. The van der Waals surface area contributed by atoms with E-state index in [2.05, 4.69) is 36.3 Å². The van der Waals surface area contributed by atoms with Gasteiger partial charge in [0.25, 0.3) is 0 Å². The Bertz CT molecular complexity index is 346. The molecule has 15 heavy (non-hydrogen) atoms. The van der Waals surface area contributed by atoms with Gasteiger partial charge in [0.15, 0.2) is 0 Å². The minimum atomic E-state index is 0.656. The van der Waals surface area contributed by atoms with Crippen LogP contribution in [0, 0.1) is 19.8 Å². The molecule has 1 saturated carbocycles. The van der Waals surface area contributed by atoms with Crippen molar-refractivity contribution < 1.29 is 0 Å². The second-order valence-electron chi connectivity index (χ2n) is 4.85. The Morgan fingerprint density at radius 2 is 2.07 bits per heavy atom. The van der Waals surface area contributed by atoms with Crippen molar-refractivity contribution in [1.82, 2.24) is 4.98 Å². The van der Waals surface area contributed by atoms with Crippen LogP contribution in [0.15, 0.2) is 12.1 Å². The summed E-state index contributed by atoms with van der Waals surface area (Å²) < 4.78 is 0. The van der Waals surface area contributed by atoms with Crippen LogP contribution in [0.1, 0.15) is 37.6 Å². The minimum absolute atomic E-state index is 0.656. The van der Waals surface area contributed by atoms with E-state index >= 15 is 0 Å². The van der Waals surface area contributed by atoms with Crippen molar-refractivity contribution in [3.63, 3.8) is 0 Å². The Morgan fingerprint density at radius 3 is 2.67 bits per heavy atom. The molecule has 0 spiro atoms. The van der Waals surface area contributed by atoms with Crippen molar-refractivity contribution in [2.45, 2.75) is 46.1 Å². The molecule has 0 aromatic carbocycles. The molecule has 1 fully saturated rings. The normalized spacial score (nSPS) is 25.5. The zero-order valence-electron chi connectivity index (χ0n) is 9.88. The van der Waals surface area contributed by atoms with E-state index in [1.807, 2.05) is 6.92 Å². The number of aryl methyl sites for hydroxylation is 2. The topological polar surface area (TPSA) is 24.9 Å².